The standard InChI is InChI=1S/C18H16N2OS/c1-2-22-17-10-8-14(9-11-17)18-15(13-21)12-20(19-18)16-6-4-3-5-7-16/h3-13H,2H2,1H3. The van der Waals surface area contributed by atoms with Crippen molar-refractivity contribution in [3.63, 3.8) is 0 Å². The molecule has 0 bridgehead atoms. The van der Waals surface area contributed by atoms with Crippen LogP contribution in [0.25, 0.3) is 16.9 Å². The third-order valence-corrected chi connectivity index (χ3v) is 4.22. The van der Waals surface area contributed by atoms with Crippen molar-refractivity contribution in [3.8, 4) is 16.9 Å². The molecule has 0 amide bonds. The highest BCUT2D eigenvalue weighted by Crippen LogP contribution is 2.25. The van der Waals surface area contributed by atoms with Gasteiger partial charge in [0.1, 0.15) is 5.69 Å². The van der Waals surface area contributed by atoms with Gasteiger partial charge >= 0.3 is 0 Å². The Morgan fingerprint density at radius 3 is 2.45 bits per heavy atom. The molecule has 1 aromatic heterocycles. The molecule has 3 nitrogen and oxygen atoms in total. The largest absolute Gasteiger partial charge is 0.298 e. The number of nitrogens with zero attached hydrogens (tertiary/aromatic N) is 2. The minimum absolute atomic E-state index is 0.597. The van der Waals surface area contributed by atoms with Gasteiger partial charge in [-0.1, -0.05) is 37.3 Å². The van der Waals surface area contributed by atoms with Crippen LogP contribution in [0.5, 0.6) is 0 Å². The molecular weight excluding hydrogens is 292 g/mol. The smallest absolute Gasteiger partial charge is 0.153 e. The van der Waals surface area contributed by atoms with Crippen LogP contribution in [-0.2, 0) is 0 Å². The van der Waals surface area contributed by atoms with E-state index in [-0.39, 0.29) is 0 Å². The van der Waals surface area contributed by atoms with E-state index in [1.807, 2.05) is 42.5 Å². The van der Waals surface area contributed by atoms with Crippen LogP contribution in [0, 0.1) is 0 Å². The molecule has 0 aliphatic carbocycles. The molecule has 4 heteroatoms. The number of aldehydes is 1. The Hall–Kier alpha value is -2.33. The normalized spacial score (nSPS) is 10.6. The average Bonchev–Trinajstić information content (AvgIpc) is 3.01. The van der Waals surface area contributed by atoms with E-state index in [2.05, 4.69) is 24.2 Å². The van der Waals surface area contributed by atoms with E-state index in [1.165, 1.54) is 4.90 Å². The van der Waals surface area contributed by atoms with Crippen molar-refractivity contribution in [2.75, 3.05) is 5.75 Å². The van der Waals surface area contributed by atoms with Crippen molar-refractivity contribution in [2.24, 2.45) is 0 Å². The minimum Gasteiger partial charge on any atom is -0.298 e. The van der Waals surface area contributed by atoms with Crippen LogP contribution in [0.4, 0.5) is 0 Å². The number of carbonyl (C=O) groups excluding carboxylic acids is 1. The van der Waals surface area contributed by atoms with E-state index in [4.69, 9.17) is 0 Å². The second-order valence-corrected chi connectivity index (χ2v) is 6.13. The minimum atomic E-state index is 0.597. The summed E-state index contributed by atoms with van der Waals surface area (Å²) in [6.45, 7) is 2.13. The van der Waals surface area contributed by atoms with Crippen LogP contribution < -0.4 is 0 Å². The molecule has 3 rings (SSSR count). The molecule has 1 heterocycles. The SMILES string of the molecule is CCSc1ccc(-c2nn(-c3ccccc3)cc2C=O)cc1. The highest BCUT2D eigenvalue weighted by atomic mass is 32.2. The lowest BCUT2D eigenvalue weighted by molar-refractivity contribution is 0.112. The van der Waals surface area contributed by atoms with Gasteiger partial charge in [0.25, 0.3) is 0 Å². The summed E-state index contributed by atoms with van der Waals surface area (Å²) in [6.07, 6.45) is 2.63. The topological polar surface area (TPSA) is 34.9 Å². The number of thioether (sulfide) groups is 1. The van der Waals surface area contributed by atoms with Gasteiger partial charge in [-0.3, -0.25) is 4.79 Å². The highest BCUT2D eigenvalue weighted by Gasteiger charge is 2.11. The van der Waals surface area contributed by atoms with Gasteiger partial charge in [-0.2, -0.15) is 5.10 Å². The molecule has 22 heavy (non-hydrogen) atoms. The summed E-state index contributed by atoms with van der Waals surface area (Å²) in [5.41, 5.74) is 3.21. The van der Waals surface area contributed by atoms with E-state index < -0.39 is 0 Å². The van der Waals surface area contributed by atoms with Gasteiger partial charge in [0.05, 0.1) is 11.3 Å². The fourth-order valence-electron chi connectivity index (χ4n) is 2.29. The first-order valence-corrected chi connectivity index (χ1v) is 8.14. The number of aromatic nitrogens is 2. The Kier molecular flexibility index (Phi) is 4.39. The van der Waals surface area contributed by atoms with Gasteiger partial charge < -0.3 is 0 Å². The Morgan fingerprint density at radius 2 is 1.82 bits per heavy atom. The zero-order valence-corrected chi connectivity index (χ0v) is 13.1. The molecule has 0 aliphatic heterocycles. The van der Waals surface area contributed by atoms with E-state index in [1.54, 1.807) is 22.6 Å². The predicted octanol–water partition coefficient (Wildman–Crippen LogP) is 4.46. The first kappa shape index (κ1) is 14.6. The Bertz CT molecular complexity index is 764. The summed E-state index contributed by atoms with van der Waals surface area (Å²) in [5.74, 6) is 1.04. The lowest BCUT2D eigenvalue weighted by atomic mass is 10.1. The van der Waals surface area contributed by atoms with Crippen molar-refractivity contribution in [1.82, 2.24) is 9.78 Å². The summed E-state index contributed by atoms with van der Waals surface area (Å²) in [4.78, 5) is 12.6. The number of benzene rings is 2. The van der Waals surface area contributed by atoms with Gasteiger partial charge in [0, 0.05) is 16.7 Å². The second kappa shape index (κ2) is 6.62. The molecule has 0 unspecified atom stereocenters. The van der Waals surface area contributed by atoms with E-state index in [0.29, 0.717) is 11.3 Å². The number of rotatable bonds is 5. The third kappa shape index (κ3) is 2.97. The maximum absolute atomic E-state index is 11.4. The van der Waals surface area contributed by atoms with Crippen LogP contribution in [0.15, 0.2) is 65.7 Å². The Labute approximate surface area is 134 Å². The van der Waals surface area contributed by atoms with Crippen LogP contribution >= 0.6 is 11.8 Å². The zero-order valence-electron chi connectivity index (χ0n) is 12.3. The van der Waals surface area contributed by atoms with Gasteiger partial charge in [-0.25, -0.2) is 4.68 Å². The monoisotopic (exact) mass is 308 g/mol. The molecule has 0 N–H and O–H groups in total. The van der Waals surface area contributed by atoms with E-state index in [0.717, 1.165) is 23.3 Å². The molecule has 2 aromatic carbocycles. The zero-order chi connectivity index (χ0) is 15.4. The molecule has 0 spiro atoms. The molecule has 0 aliphatic rings. The van der Waals surface area contributed by atoms with Gasteiger partial charge in [0.15, 0.2) is 6.29 Å². The second-order valence-electron chi connectivity index (χ2n) is 4.79. The van der Waals surface area contributed by atoms with Crippen molar-refractivity contribution in [1.29, 1.82) is 0 Å². The molecular formula is C18H16N2OS. The number of hydrogen-bond donors (Lipinski definition) is 0. The number of carbonyl (C=O) groups is 1. The Morgan fingerprint density at radius 1 is 1.09 bits per heavy atom. The lowest BCUT2D eigenvalue weighted by Crippen LogP contribution is -1.93. The molecule has 0 saturated carbocycles. The van der Waals surface area contributed by atoms with E-state index in [9.17, 15) is 4.79 Å². The third-order valence-electron chi connectivity index (χ3n) is 3.33. The molecule has 0 atom stereocenters. The van der Waals surface area contributed by atoms with Gasteiger partial charge in [-0.15, -0.1) is 11.8 Å². The fraction of sp³-hybridized carbons (Fsp3) is 0.111. The first-order valence-electron chi connectivity index (χ1n) is 7.15. The summed E-state index contributed by atoms with van der Waals surface area (Å²) in [6, 6.07) is 18.0. The van der Waals surface area contributed by atoms with E-state index >= 15 is 0 Å². The average molecular weight is 308 g/mol. The van der Waals surface area contributed by atoms with Gasteiger partial charge in [0.2, 0.25) is 0 Å². The van der Waals surface area contributed by atoms with Crippen LogP contribution in [0.2, 0.25) is 0 Å². The quantitative estimate of drug-likeness (QED) is 0.515. The first-order chi connectivity index (χ1) is 10.8. The van der Waals surface area contributed by atoms with Crippen molar-refractivity contribution in [3.05, 3.63) is 66.4 Å². The summed E-state index contributed by atoms with van der Waals surface area (Å²) < 4.78 is 1.74. The maximum atomic E-state index is 11.4. The van der Waals surface area contributed by atoms with Crippen molar-refractivity contribution >= 4 is 18.0 Å². The van der Waals surface area contributed by atoms with Crippen LogP contribution in [0.1, 0.15) is 17.3 Å². The van der Waals surface area contributed by atoms with Crippen LogP contribution in [0.3, 0.4) is 0 Å². The molecule has 0 fully saturated rings. The maximum Gasteiger partial charge on any atom is 0.153 e. The summed E-state index contributed by atoms with van der Waals surface area (Å²) in [7, 11) is 0. The fourth-order valence-corrected chi connectivity index (χ4v) is 2.95. The Balaban J connectivity index is 1.99. The molecule has 110 valence electrons. The van der Waals surface area contributed by atoms with Gasteiger partial charge in [-0.05, 0) is 30.0 Å². The lowest BCUT2D eigenvalue weighted by Gasteiger charge is -2.02. The number of hydrogen-bond acceptors (Lipinski definition) is 3. The number of para-hydroxylation sites is 1. The summed E-state index contributed by atoms with van der Waals surface area (Å²) >= 11 is 1.80. The molecule has 0 saturated heterocycles. The highest BCUT2D eigenvalue weighted by molar-refractivity contribution is 7.99. The molecule has 3 aromatic rings. The summed E-state index contributed by atoms with van der Waals surface area (Å²) in [5, 5.41) is 4.58. The van der Waals surface area contributed by atoms with Crippen molar-refractivity contribution in [2.45, 2.75) is 11.8 Å². The predicted molar refractivity (Wildman–Crippen MR) is 90.8 cm³/mol. The van der Waals surface area contributed by atoms with Crippen molar-refractivity contribution < 1.29 is 4.79 Å². The van der Waals surface area contributed by atoms with Crippen LogP contribution in [-0.4, -0.2) is 21.8 Å². The molecule has 0 radical (unpaired) electrons.